The lowest BCUT2D eigenvalue weighted by molar-refractivity contribution is -0.152. The first kappa shape index (κ1) is 17.3. The maximum Gasteiger partial charge on any atom is 0.311 e. The summed E-state index contributed by atoms with van der Waals surface area (Å²) in [6.07, 6.45) is 4.70. The van der Waals surface area contributed by atoms with Crippen molar-refractivity contribution in [2.75, 3.05) is 13.1 Å². The van der Waals surface area contributed by atoms with Crippen molar-refractivity contribution in [3.8, 4) is 0 Å². The SMILES string of the molecule is CCn1ccc(CN2C[C@@H]3C[C@@H](c4ccccc4)CC[C@]3(C(=O)O)C2)n1. The largest absolute Gasteiger partial charge is 0.481 e. The van der Waals surface area contributed by atoms with Crippen molar-refractivity contribution in [1.82, 2.24) is 14.7 Å². The second-order valence-electron chi connectivity index (χ2n) is 7.87. The Bertz CT molecular complexity index is 773. The summed E-state index contributed by atoms with van der Waals surface area (Å²) in [5.74, 6) is 0.0794. The molecule has 2 heterocycles. The van der Waals surface area contributed by atoms with Crippen LogP contribution in [0.5, 0.6) is 0 Å². The molecule has 1 saturated carbocycles. The summed E-state index contributed by atoms with van der Waals surface area (Å²) in [6, 6.07) is 12.6. The summed E-state index contributed by atoms with van der Waals surface area (Å²) in [4.78, 5) is 14.5. The normalized spacial score (nSPS) is 28.8. The predicted octanol–water partition coefficient (Wildman–Crippen LogP) is 3.37. The number of nitrogens with zero attached hydrogens (tertiary/aromatic N) is 3. The van der Waals surface area contributed by atoms with Gasteiger partial charge in [-0.1, -0.05) is 30.3 Å². The van der Waals surface area contributed by atoms with Gasteiger partial charge in [0.05, 0.1) is 11.1 Å². The molecule has 1 saturated heterocycles. The van der Waals surface area contributed by atoms with Gasteiger partial charge in [0, 0.05) is 32.4 Å². The second-order valence-corrected chi connectivity index (χ2v) is 7.87. The number of aliphatic carboxylic acids is 1. The molecule has 2 aliphatic rings. The van der Waals surface area contributed by atoms with Crippen molar-refractivity contribution in [2.24, 2.45) is 11.3 Å². The van der Waals surface area contributed by atoms with Gasteiger partial charge in [0.1, 0.15) is 0 Å². The minimum atomic E-state index is -0.615. The minimum absolute atomic E-state index is 0.215. The number of hydrogen-bond donors (Lipinski definition) is 1. The quantitative estimate of drug-likeness (QED) is 0.895. The minimum Gasteiger partial charge on any atom is -0.481 e. The molecule has 1 aromatic heterocycles. The number of benzene rings is 1. The average Bonchev–Trinajstić information content (AvgIpc) is 3.26. The van der Waals surface area contributed by atoms with E-state index in [1.807, 2.05) is 23.0 Å². The van der Waals surface area contributed by atoms with Gasteiger partial charge in [-0.05, 0) is 49.7 Å². The Labute approximate surface area is 154 Å². The number of likely N-dealkylation sites (tertiary alicyclic amines) is 1. The van der Waals surface area contributed by atoms with Crippen LogP contribution in [0.1, 0.15) is 43.4 Å². The van der Waals surface area contributed by atoms with Crippen molar-refractivity contribution in [2.45, 2.75) is 45.2 Å². The van der Waals surface area contributed by atoms with E-state index in [1.54, 1.807) is 0 Å². The second kappa shape index (κ2) is 6.88. The average molecular weight is 353 g/mol. The fraction of sp³-hybridized carbons (Fsp3) is 0.524. The molecule has 1 aliphatic heterocycles. The van der Waals surface area contributed by atoms with E-state index in [4.69, 9.17) is 0 Å². The maximum absolute atomic E-state index is 12.2. The Hall–Kier alpha value is -2.14. The van der Waals surface area contributed by atoms with Crippen LogP contribution < -0.4 is 0 Å². The Morgan fingerprint density at radius 3 is 2.81 bits per heavy atom. The van der Waals surface area contributed by atoms with Gasteiger partial charge in [-0.3, -0.25) is 14.4 Å². The molecular weight excluding hydrogens is 326 g/mol. The molecule has 0 amide bonds. The van der Waals surface area contributed by atoms with Crippen molar-refractivity contribution in [3.05, 3.63) is 53.9 Å². The van der Waals surface area contributed by atoms with Gasteiger partial charge in [-0.25, -0.2) is 0 Å². The van der Waals surface area contributed by atoms with E-state index < -0.39 is 11.4 Å². The van der Waals surface area contributed by atoms with Crippen LogP contribution in [0.2, 0.25) is 0 Å². The van der Waals surface area contributed by atoms with Crippen LogP contribution in [0.25, 0.3) is 0 Å². The predicted molar refractivity (Wildman–Crippen MR) is 99.8 cm³/mol. The molecule has 138 valence electrons. The van der Waals surface area contributed by atoms with Crippen molar-refractivity contribution in [1.29, 1.82) is 0 Å². The number of carboxylic acids is 1. The third kappa shape index (κ3) is 3.05. The Kier molecular flexibility index (Phi) is 4.57. The molecule has 4 rings (SSSR count). The lowest BCUT2D eigenvalue weighted by atomic mass is 9.64. The highest BCUT2D eigenvalue weighted by Crippen LogP contribution is 2.51. The van der Waals surface area contributed by atoms with E-state index in [9.17, 15) is 9.90 Å². The summed E-state index contributed by atoms with van der Waals surface area (Å²) >= 11 is 0. The molecule has 2 fully saturated rings. The molecule has 5 nitrogen and oxygen atoms in total. The van der Waals surface area contributed by atoms with Crippen molar-refractivity contribution in [3.63, 3.8) is 0 Å². The van der Waals surface area contributed by atoms with Crippen molar-refractivity contribution >= 4 is 5.97 Å². The smallest absolute Gasteiger partial charge is 0.311 e. The number of carboxylic acid groups (broad SMARTS) is 1. The van der Waals surface area contributed by atoms with Crippen LogP contribution in [0, 0.1) is 11.3 Å². The van der Waals surface area contributed by atoms with E-state index >= 15 is 0 Å². The molecule has 1 aliphatic carbocycles. The van der Waals surface area contributed by atoms with Crippen molar-refractivity contribution < 1.29 is 9.90 Å². The molecule has 2 aromatic rings. The standard InChI is InChI=1S/C21H27N3O2/c1-2-24-11-9-19(22-24)14-23-13-18-12-17(16-6-4-3-5-7-16)8-10-21(18,15-23)20(25)26/h3-7,9,11,17-18H,2,8,10,12-15H2,1H3,(H,25,26)/t17-,18-,21-/m0/s1. The summed E-state index contributed by atoms with van der Waals surface area (Å²) in [6.45, 7) is 5.18. The van der Waals surface area contributed by atoms with Crippen LogP contribution in [0.4, 0.5) is 0 Å². The fourth-order valence-electron chi connectivity index (χ4n) is 4.95. The molecule has 26 heavy (non-hydrogen) atoms. The summed E-state index contributed by atoms with van der Waals surface area (Å²) in [7, 11) is 0. The zero-order chi connectivity index (χ0) is 18.1. The topological polar surface area (TPSA) is 58.4 Å². The monoisotopic (exact) mass is 353 g/mol. The molecule has 0 radical (unpaired) electrons. The number of aryl methyl sites for hydroxylation is 1. The van der Waals surface area contributed by atoms with Crippen LogP contribution in [-0.2, 0) is 17.9 Å². The number of carbonyl (C=O) groups is 1. The number of rotatable bonds is 5. The molecule has 3 atom stereocenters. The molecule has 1 N–H and O–H groups in total. The first-order valence-corrected chi connectivity index (χ1v) is 9.64. The molecule has 1 aromatic carbocycles. The van der Waals surface area contributed by atoms with Gasteiger partial charge < -0.3 is 5.11 Å². The zero-order valence-electron chi connectivity index (χ0n) is 15.3. The van der Waals surface area contributed by atoms with Crippen LogP contribution in [0.15, 0.2) is 42.6 Å². The highest BCUT2D eigenvalue weighted by molar-refractivity contribution is 5.76. The lowest BCUT2D eigenvalue weighted by Crippen LogP contribution is -2.42. The van der Waals surface area contributed by atoms with Crippen LogP contribution in [0.3, 0.4) is 0 Å². The Morgan fingerprint density at radius 1 is 1.31 bits per heavy atom. The van der Waals surface area contributed by atoms with E-state index in [1.165, 1.54) is 5.56 Å². The van der Waals surface area contributed by atoms with E-state index in [2.05, 4.69) is 41.2 Å². The third-order valence-electron chi connectivity index (χ3n) is 6.38. The summed E-state index contributed by atoms with van der Waals surface area (Å²) < 4.78 is 1.93. The summed E-state index contributed by atoms with van der Waals surface area (Å²) in [5, 5.41) is 14.6. The highest BCUT2D eigenvalue weighted by atomic mass is 16.4. The molecule has 5 heteroatoms. The zero-order valence-corrected chi connectivity index (χ0v) is 15.3. The maximum atomic E-state index is 12.2. The molecule has 0 unspecified atom stereocenters. The number of aromatic nitrogens is 2. The van der Waals surface area contributed by atoms with E-state index in [0.29, 0.717) is 12.5 Å². The Balaban J connectivity index is 1.51. The first-order chi connectivity index (χ1) is 12.6. The highest BCUT2D eigenvalue weighted by Gasteiger charge is 2.54. The lowest BCUT2D eigenvalue weighted by Gasteiger charge is -2.38. The fourth-order valence-corrected chi connectivity index (χ4v) is 4.95. The van der Waals surface area contributed by atoms with Gasteiger partial charge in [0.25, 0.3) is 0 Å². The number of hydrogen-bond acceptors (Lipinski definition) is 3. The molecule has 0 spiro atoms. The third-order valence-corrected chi connectivity index (χ3v) is 6.38. The van der Waals surface area contributed by atoms with Gasteiger partial charge in [0.15, 0.2) is 0 Å². The van der Waals surface area contributed by atoms with Gasteiger partial charge in [0.2, 0.25) is 0 Å². The van der Waals surface area contributed by atoms with Gasteiger partial charge in [-0.2, -0.15) is 5.10 Å². The van der Waals surface area contributed by atoms with E-state index in [-0.39, 0.29) is 5.92 Å². The van der Waals surface area contributed by atoms with Gasteiger partial charge in [-0.15, -0.1) is 0 Å². The Morgan fingerprint density at radius 2 is 2.12 bits per heavy atom. The molecular formula is C21H27N3O2. The van der Waals surface area contributed by atoms with Gasteiger partial charge >= 0.3 is 5.97 Å². The first-order valence-electron chi connectivity index (χ1n) is 9.64. The van der Waals surface area contributed by atoms with E-state index in [0.717, 1.165) is 44.6 Å². The number of fused-ring (bicyclic) bond motifs is 1. The summed E-state index contributed by atoms with van der Waals surface area (Å²) in [5.41, 5.74) is 1.80. The van der Waals surface area contributed by atoms with Crippen LogP contribution >= 0.6 is 0 Å². The van der Waals surface area contributed by atoms with Crippen LogP contribution in [-0.4, -0.2) is 38.8 Å². The molecule has 0 bridgehead atoms.